The van der Waals surface area contributed by atoms with E-state index in [-0.39, 0.29) is 28.2 Å². The Kier molecular flexibility index (Phi) is 4.53. The largest absolute Gasteiger partial charge is 0.507 e. The number of hydrazone groups is 1. The quantitative estimate of drug-likeness (QED) is 0.426. The standard InChI is InChI=1S/C19H14N2O5/c22-16-6-5-13(19(25)26)7-14(16)10-20-21-18(24)15-8-11-3-1-2-4-12(11)9-17(15)23/h1-10,22-23H,(H,21,24)(H,25,26)/b20-10+. The fourth-order valence-corrected chi connectivity index (χ4v) is 2.42. The van der Waals surface area contributed by atoms with Crippen molar-refractivity contribution in [2.24, 2.45) is 5.10 Å². The van der Waals surface area contributed by atoms with Crippen LogP contribution >= 0.6 is 0 Å². The molecule has 0 heterocycles. The number of carboxylic acids is 1. The fraction of sp³-hybridized carbons (Fsp3) is 0. The number of phenolic OH excluding ortho intramolecular Hbond substituents is 2. The van der Waals surface area contributed by atoms with E-state index in [1.807, 2.05) is 24.3 Å². The summed E-state index contributed by atoms with van der Waals surface area (Å²) in [5, 5.41) is 34.0. The van der Waals surface area contributed by atoms with Crippen molar-refractivity contribution in [1.29, 1.82) is 0 Å². The number of phenols is 2. The fourth-order valence-electron chi connectivity index (χ4n) is 2.42. The van der Waals surface area contributed by atoms with E-state index in [1.54, 1.807) is 0 Å². The lowest BCUT2D eigenvalue weighted by Crippen LogP contribution is -2.17. The summed E-state index contributed by atoms with van der Waals surface area (Å²) in [5.41, 5.74) is 2.39. The smallest absolute Gasteiger partial charge is 0.335 e. The number of nitrogens with zero attached hydrogens (tertiary/aromatic N) is 1. The molecule has 1 amide bonds. The van der Waals surface area contributed by atoms with E-state index in [9.17, 15) is 19.8 Å². The Labute approximate surface area is 147 Å². The molecule has 0 radical (unpaired) electrons. The van der Waals surface area contributed by atoms with Gasteiger partial charge in [-0.1, -0.05) is 24.3 Å². The summed E-state index contributed by atoms with van der Waals surface area (Å²) in [6.45, 7) is 0. The molecule has 26 heavy (non-hydrogen) atoms. The van der Waals surface area contributed by atoms with Crippen LogP contribution in [0.5, 0.6) is 11.5 Å². The normalized spacial score (nSPS) is 10.9. The van der Waals surface area contributed by atoms with E-state index in [4.69, 9.17) is 5.11 Å². The molecule has 3 aromatic rings. The maximum absolute atomic E-state index is 12.2. The van der Waals surface area contributed by atoms with Crippen molar-refractivity contribution in [2.45, 2.75) is 0 Å². The van der Waals surface area contributed by atoms with Crippen LogP contribution in [0, 0.1) is 0 Å². The molecule has 0 aromatic heterocycles. The van der Waals surface area contributed by atoms with Crippen molar-refractivity contribution >= 4 is 28.9 Å². The summed E-state index contributed by atoms with van der Waals surface area (Å²) < 4.78 is 0. The van der Waals surface area contributed by atoms with Crippen molar-refractivity contribution in [3.05, 3.63) is 71.3 Å². The van der Waals surface area contributed by atoms with Crippen LogP contribution in [-0.4, -0.2) is 33.4 Å². The molecular formula is C19H14N2O5. The van der Waals surface area contributed by atoms with E-state index in [0.717, 1.165) is 17.0 Å². The lowest BCUT2D eigenvalue weighted by molar-refractivity contribution is 0.0696. The Bertz CT molecular complexity index is 1040. The van der Waals surface area contributed by atoms with Crippen molar-refractivity contribution < 1.29 is 24.9 Å². The van der Waals surface area contributed by atoms with Gasteiger partial charge in [-0.3, -0.25) is 4.79 Å². The van der Waals surface area contributed by atoms with E-state index in [2.05, 4.69) is 10.5 Å². The van der Waals surface area contributed by atoms with Crippen LogP contribution < -0.4 is 5.43 Å². The van der Waals surface area contributed by atoms with Gasteiger partial charge in [-0.05, 0) is 41.1 Å². The molecule has 7 heteroatoms. The number of carboxylic acid groups (broad SMARTS) is 1. The number of fused-ring (bicyclic) bond motifs is 1. The first kappa shape index (κ1) is 17.0. The molecule has 0 saturated heterocycles. The highest BCUT2D eigenvalue weighted by molar-refractivity contribution is 6.02. The van der Waals surface area contributed by atoms with Crippen molar-refractivity contribution in [1.82, 2.24) is 5.43 Å². The van der Waals surface area contributed by atoms with Crippen molar-refractivity contribution in [3.63, 3.8) is 0 Å². The number of aromatic carboxylic acids is 1. The van der Waals surface area contributed by atoms with Gasteiger partial charge < -0.3 is 15.3 Å². The second kappa shape index (κ2) is 6.94. The molecular weight excluding hydrogens is 336 g/mol. The summed E-state index contributed by atoms with van der Waals surface area (Å²) in [7, 11) is 0. The topological polar surface area (TPSA) is 119 Å². The molecule has 0 aliphatic rings. The summed E-state index contributed by atoms with van der Waals surface area (Å²) in [6.07, 6.45) is 1.12. The van der Waals surface area contributed by atoms with Gasteiger partial charge in [0.25, 0.3) is 5.91 Å². The number of rotatable bonds is 4. The lowest BCUT2D eigenvalue weighted by atomic mass is 10.1. The van der Waals surface area contributed by atoms with Gasteiger partial charge in [0.1, 0.15) is 11.5 Å². The number of hydrogen-bond donors (Lipinski definition) is 4. The minimum absolute atomic E-state index is 0.0252. The van der Waals surface area contributed by atoms with E-state index in [1.165, 1.54) is 30.3 Å². The average Bonchev–Trinajstić information content (AvgIpc) is 2.62. The maximum atomic E-state index is 12.2. The van der Waals surface area contributed by atoms with Gasteiger partial charge in [0.15, 0.2) is 0 Å². The van der Waals surface area contributed by atoms with E-state index in [0.29, 0.717) is 0 Å². The third-order valence-electron chi connectivity index (χ3n) is 3.75. The van der Waals surface area contributed by atoms with Gasteiger partial charge in [0, 0.05) is 5.56 Å². The highest BCUT2D eigenvalue weighted by atomic mass is 16.4. The SMILES string of the molecule is O=C(O)c1ccc(O)c(/C=N/NC(=O)c2cc3ccccc3cc2O)c1. The van der Waals surface area contributed by atoms with E-state index >= 15 is 0 Å². The molecule has 7 nitrogen and oxygen atoms in total. The highest BCUT2D eigenvalue weighted by Crippen LogP contribution is 2.25. The van der Waals surface area contributed by atoms with Crippen LogP contribution in [0.4, 0.5) is 0 Å². The molecule has 0 spiro atoms. The van der Waals surface area contributed by atoms with Gasteiger partial charge >= 0.3 is 5.97 Å². The molecule has 0 saturated carbocycles. The first-order valence-electron chi connectivity index (χ1n) is 7.57. The van der Waals surface area contributed by atoms with Gasteiger partial charge in [-0.15, -0.1) is 0 Å². The van der Waals surface area contributed by atoms with Crippen LogP contribution in [-0.2, 0) is 0 Å². The number of benzene rings is 3. The van der Waals surface area contributed by atoms with Gasteiger partial charge in [0.2, 0.25) is 0 Å². The maximum Gasteiger partial charge on any atom is 0.335 e. The second-order valence-electron chi connectivity index (χ2n) is 5.49. The Hall–Kier alpha value is -3.87. The third kappa shape index (κ3) is 3.46. The van der Waals surface area contributed by atoms with Crippen molar-refractivity contribution in [2.75, 3.05) is 0 Å². The summed E-state index contributed by atoms with van der Waals surface area (Å²) in [6, 6.07) is 14.0. The number of hydrogen-bond acceptors (Lipinski definition) is 5. The van der Waals surface area contributed by atoms with E-state index < -0.39 is 11.9 Å². The van der Waals surface area contributed by atoms with Gasteiger partial charge in [-0.25, -0.2) is 10.2 Å². The van der Waals surface area contributed by atoms with Crippen LogP contribution in [0.25, 0.3) is 10.8 Å². The Morgan fingerprint density at radius 2 is 1.62 bits per heavy atom. The molecule has 0 fully saturated rings. The summed E-state index contributed by atoms with van der Waals surface area (Å²) in [4.78, 5) is 23.2. The molecule has 4 N–H and O–H groups in total. The summed E-state index contributed by atoms with van der Waals surface area (Å²) in [5.74, 6) is -2.16. The minimum Gasteiger partial charge on any atom is -0.507 e. The van der Waals surface area contributed by atoms with Crippen LogP contribution in [0.2, 0.25) is 0 Å². The first-order valence-corrected chi connectivity index (χ1v) is 7.57. The molecule has 130 valence electrons. The van der Waals surface area contributed by atoms with Gasteiger partial charge in [0.05, 0.1) is 17.3 Å². The Morgan fingerprint density at radius 1 is 0.923 bits per heavy atom. The summed E-state index contributed by atoms with van der Waals surface area (Å²) >= 11 is 0. The molecule has 0 aliphatic carbocycles. The van der Waals surface area contributed by atoms with Crippen LogP contribution in [0.15, 0.2) is 59.7 Å². The minimum atomic E-state index is -1.15. The monoisotopic (exact) mass is 350 g/mol. The Balaban J connectivity index is 1.81. The predicted octanol–water partition coefficient (Wildman–Crippen LogP) is 2.71. The molecule has 0 unspecified atom stereocenters. The van der Waals surface area contributed by atoms with Gasteiger partial charge in [-0.2, -0.15) is 5.10 Å². The second-order valence-corrected chi connectivity index (χ2v) is 5.49. The average molecular weight is 350 g/mol. The number of amides is 1. The molecule has 0 aliphatic heterocycles. The van der Waals surface area contributed by atoms with Crippen molar-refractivity contribution in [3.8, 4) is 11.5 Å². The lowest BCUT2D eigenvalue weighted by Gasteiger charge is -2.06. The third-order valence-corrected chi connectivity index (χ3v) is 3.75. The molecule has 3 rings (SSSR count). The van der Waals surface area contributed by atoms with Crippen LogP contribution in [0.3, 0.4) is 0 Å². The highest BCUT2D eigenvalue weighted by Gasteiger charge is 2.12. The Morgan fingerprint density at radius 3 is 2.31 bits per heavy atom. The molecule has 0 bridgehead atoms. The molecule has 0 atom stereocenters. The number of nitrogens with one attached hydrogen (secondary N) is 1. The number of carbonyl (C=O) groups is 2. The number of aromatic hydroxyl groups is 2. The number of carbonyl (C=O) groups excluding carboxylic acids is 1. The molecule has 3 aromatic carbocycles. The first-order chi connectivity index (χ1) is 12.5. The zero-order valence-electron chi connectivity index (χ0n) is 13.4. The zero-order valence-corrected chi connectivity index (χ0v) is 13.4. The predicted molar refractivity (Wildman–Crippen MR) is 95.7 cm³/mol. The van der Waals surface area contributed by atoms with Crippen LogP contribution in [0.1, 0.15) is 26.3 Å². The zero-order chi connectivity index (χ0) is 18.7.